The Morgan fingerprint density at radius 1 is 1.05 bits per heavy atom. The summed E-state index contributed by atoms with van der Waals surface area (Å²) in [6.45, 7) is 1.45. The van der Waals surface area contributed by atoms with E-state index in [0.29, 0.717) is 0 Å². The fraction of sp³-hybridized carbons (Fsp3) is 0.176. The van der Waals surface area contributed by atoms with E-state index in [2.05, 4.69) is 33.2 Å². The van der Waals surface area contributed by atoms with Gasteiger partial charge in [-0.05, 0) is 52.4 Å². The minimum Gasteiger partial charge on any atom is -0.349 e. The van der Waals surface area contributed by atoms with Crippen LogP contribution in [-0.4, -0.2) is 11.8 Å². The first-order chi connectivity index (χ1) is 10.5. The fourth-order valence-corrected chi connectivity index (χ4v) is 2.47. The average Bonchev–Trinajstić information content (AvgIpc) is 2.49. The predicted octanol–water partition coefficient (Wildman–Crippen LogP) is 3.50. The Hall–Kier alpha value is -1.89. The largest absolute Gasteiger partial charge is 0.349 e. The molecule has 0 radical (unpaired) electrons. The van der Waals surface area contributed by atoms with Gasteiger partial charge in [0, 0.05) is 16.2 Å². The second kappa shape index (κ2) is 7.93. The molecule has 0 heterocycles. The summed E-state index contributed by atoms with van der Waals surface area (Å²) in [5.74, 6) is -0.292. The third-order valence-corrected chi connectivity index (χ3v) is 3.82. The lowest BCUT2D eigenvalue weighted by molar-refractivity contribution is -0.120. The van der Waals surface area contributed by atoms with Crippen LogP contribution >= 0.6 is 22.6 Å². The lowest BCUT2D eigenvalue weighted by Crippen LogP contribution is -2.29. The summed E-state index contributed by atoms with van der Waals surface area (Å²) in [4.78, 5) is 23.6. The highest BCUT2D eigenvalue weighted by molar-refractivity contribution is 14.1. The molecule has 0 fully saturated rings. The van der Waals surface area contributed by atoms with Crippen molar-refractivity contribution in [3.8, 4) is 0 Å². The third kappa shape index (κ3) is 5.14. The molecule has 0 aromatic heterocycles. The van der Waals surface area contributed by atoms with Gasteiger partial charge in [-0.3, -0.25) is 9.59 Å². The Labute approximate surface area is 143 Å². The van der Waals surface area contributed by atoms with Crippen molar-refractivity contribution in [2.45, 2.75) is 19.4 Å². The maximum atomic E-state index is 12.2. The van der Waals surface area contributed by atoms with Crippen LogP contribution in [0.1, 0.15) is 24.9 Å². The Kier molecular flexibility index (Phi) is 5.94. The van der Waals surface area contributed by atoms with E-state index < -0.39 is 0 Å². The van der Waals surface area contributed by atoms with Crippen LogP contribution in [0.2, 0.25) is 0 Å². The van der Waals surface area contributed by atoms with Crippen molar-refractivity contribution in [1.82, 2.24) is 5.32 Å². The van der Waals surface area contributed by atoms with E-state index in [1.54, 1.807) is 0 Å². The predicted molar refractivity (Wildman–Crippen MR) is 95.4 cm³/mol. The SMILES string of the molecule is CC(=O)NC(CC(=O)Nc1ccc(I)cc1)c1ccccc1. The number of anilines is 1. The van der Waals surface area contributed by atoms with Crippen LogP contribution in [0.25, 0.3) is 0 Å². The minimum absolute atomic E-state index is 0.135. The second-order valence-corrected chi connectivity index (χ2v) is 6.17. The molecule has 0 saturated heterocycles. The molecular weight excluding hydrogens is 391 g/mol. The highest BCUT2D eigenvalue weighted by Crippen LogP contribution is 2.18. The molecule has 2 rings (SSSR count). The van der Waals surface area contributed by atoms with Crippen molar-refractivity contribution in [1.29, 1.82) is 0 Å². The molecule has 114 valence electrons. The number of nitrogens with one attached hydrogen (secondary N) is 2. The van der Waals surface area contributed by atoms with Crippen LogP contribution in [0.3, 0.4) is 0 Å². The molecule has 22 heavy (non-hydrogen) atoms. The van der Waals surface area contributed by atoms with E-state index in [0.717, 1.165) is 14.8 Å². The summed E-state index contributed by atoms with van der Waals surface area (Å²) in [5, 5.41) is 5.67. The molecule has 2 N–H and O–H groups in total. The number of hydrogen-bond donors (Lipinski definition) is 2. The zero-order chi connectivity index (χ0) is 15.9. The molecule has 0 spiro atoms. The first-order valence-corrected chi connectivity index (χ1v) is 8.00. The van der Waals surface area contributed by atoms with E-state index in [9.17, 15) is 9.59 Å². The summed E-state index contributed by atoms with van der Waals surface area (Å²) in [6, 6.07) is 16.7. The van der Waals surface area contributed by atoms with Gasteiger partial charge < -0.3 is 10.6 Å². The maximum absolute atomic E-state index is 12.2. The van der Waals surface area contributed by atoms with Crippen LogP contribution in [0, 0.1) is 3.57 Å². The highest BCUT2D eigenvalue weighted by Gasteiger charge is 2.16. The first-order valence-electron chi connectivity index (χ1n) is 6.92. The Morgan fingerprint density at radius 3 is 2.27 bits per heavy atom. The van der Waals surface area contributed by atoms with Gasteiger partial charge in [0.15, 0.2) is 0 Å². The van der Waals surface area contributed by atoms with Gasteiger partial charge in [-0.15, -0.1) is 0 Å². The number of benzene rings is 2. The molecule has 0 aliphatic heterocycles. The molecule has 1 atom stereocenters. The summed E-state index contributed by atoms with van der Waals surface area (Å²) in [6.07, 6.45) is 0.190. The molecule has 4 nitrogen and oxygen atoms in total. The van der Waals surface area contributed by atoms with Gasteiger partial charge in [0.1, 0.15) is 0 Å². The monoisotopic (exact) mass is 408 g/mol. The van der Waals surface area contributed by atoms with Crippen molar-refractivity contribution >= 4 is 40.1 Å². The molecule has 0 aliphatic rings. The number of carbonyl (C=O) groups excluding carboxylic acids is 2. The number of amides is 2. The first kappa shape index (κ1) is 16.5. The number of rotatable bonds is 5. The Bertz CT molecular complexity index is 641. The molecule has 5 heteroatoms. The van der Waals surface area contributed by atoms with Crippen molar-refractivity contribution in [2.24, 2.45) is 0 Å². The molecular formula is C17H17IN2O2. The molecule has 0 saturated carbocycles. The summed E-state index contributed by atoms with van der Waals surface area (Å²) in [5.41, 5.74) is 1.66. The normalized spacial score (nSPS) is 11.5. The van der Waals surface area contributed by atoms with Gasteiger partial charge >= 0.3 is 0 Å². The van der Waals surface area contributed by atoms with Gasteiger partial charge in [-0.25, -0.2) is 0 Å². The van der Waals surface area contributed by atoms with Crippen LogP contribution < -0.4 is 10.6 Å². The average molecular weight is 408 g/mol. The van der Waals surface area contributed by atoms with Crippen LogP contribution in [-0.2, 0) is 9.59 Å². The van der Waals surface area contributed by atoms with Gasteiger partial charge in [-0.2, -0.15) is 0 Å². The van der Waals surface area contributed by atoms with Gasteiger partial charge in [0.25, 0.3) is 0 Å². The van der Waals surface area contributed by atoms with Crippen molar-refractivity contribution in [3.05, 3.63) is 63.7 Å². The standard InChI is InChI=1S/C17H17IN2O2/c1-12(21)19-16(13-5-3-2-4-6-13)11-17(22)20-15-9-7-14(18)8-10-15/h2-10,16H,11H2,1H3,(H,19,21)(H,20,22). The molecule has 1 unspecified atom stereocenters. The lowest BCUT2D eigenvalue weighted by Gasteiger charge is -2.18. The topological polar surface area (TPSA) is 58.2 Å². The summed E-state index contributed by atoms with van der Waals surface area (Å²) < 4.78 is 1.11. The number of hydrogen-bond acceptors (Lipinski definition) is 2. The fourth-order valence-electron chi connectivity index (χ4n) is 2.11. The molecule has 2 aromatic rings. The van der Waals surface area contributed by atoms with Gasteiger partial charge in [0.05, 0.1) is 12.5 Å². The summed E-state index contributed by atoms with van der Waals surface area (Å²) in [7, 11) is 0. The smallest absolute Gasteiger partial charge is 0.226 e. The third-order valence-electron chi connectivity index (χ3n) is 3.10. The second-order valence-electron chi connectivity index (χ2n) is 4.92. The van der Waals surface area contributed by atoms with E-state index in [1.165, 1.54) is 6.92 Å². The van der Waals surface area contributed by atoms with E-state index in [-0.39, 0.29) is 24.3 Å². The van der Waals surface area contributed by atoms with E-state index in [1.807, 2.05) is 54.6 Å². The van der Waals surface area contributed by atoms with Crippen LogP contribution in [0.4, 0.5) is 5.69 Å². The van der Waals surface area contributed by atoms with Gasteiger partial charge in [-0.1, -0.05) is 30.3 Å². The maximum Gasteiger partial charge on any atom is 0.226 e. The number of carbonyl (C=O) groups is 2. The molecule has 0 aliphatic carbocycles. The molecule has 2 aromatic carbocycles. The van der Waals surface area contributed by atoms with Crippen LogP contribution in [0.15, 0.2) is 54.6 Å². The van der Waals surface area contributed by atoms with Crippen molar-refractivity contribution < 1.29 is 9.59 Å². The van der Waals surface area contributed by atoms with E-state index >= 15 is 0 Å². The molecule has 0 bridgehead atoms. The summed E-state index contributed by atoms with van der Waals surface area (Å²) >= 11 is 2.21. The quantitative estimate of drug-likeness (QED) is 0.745. The van der Waals surface area contributed by atoms with E-state index in [4.69, 9.17) is 0 Å². The number of halogens is 1. The lowest BCUT2D eigenvalue weighted by atomic mass is 10.0. The molecule has 2 amide bonds. The zero-order valence-electron chi connectivity index (χ0n) is 12.2. The Balaban J connectivity index is 2.04. The van der Waals surface area contributed by atoms with Crippen molar-refractivity contribution in [3.63, 3.8) is 0 Å². The zero-order valence-corrected chi connectivity index (χ0v) is 14.3. The Morgan fingerprint density at radius 2 is 1.68 bits per heavy atom. The van der Waals surface area contributed by atoms with Crippen LogP contribution in [0.5, 0.6) is 0 Å². The van der Waals surface area contributed by atoms with Gasteiger partial charge in [0.2, 0.25) is 11.8 Å². The highest BCUT2D eigenvalue weighted by atomic mass is 127. The van der Waals surface area contributed by atoms with Crippen molar-refractivity contribution in [2.75, 3.05) is 5.32 Å². The minimum atomic E-state index is -0.331.